The van der Waals surface area contributed by atoms with Crippen LogP contribution in [0.25, 0.3) is 11.1 Å². The number of likely N-dealkylation sites (tertiary alicyclic amines) is 1. The molecule has 0 bridgehead atoms. The van der Waals surface area contributed by atoms with Crippen LogP contribution in [0.1, 0.15) is 24.6 Å². The molecule has 122 valence electrons. The van der Waals surface area contributed by atoms with Crippen molar-refractivity contribution in [3.05, 3.63) is 42.0 Å². The van der Waals surface area contributed by atoms with Gasteiger partial charge in [0.25, 0.3) is 0 Å². The third-order valence-electron chi connectivity index (χ3n) is 4.25. The van der Waals surface area contributed by atoms with E-state index in [1.807, 2.05) is 0 Å². The van der Waals surface area contributed by atoms with Crippen LogP contribution in [-0.4, -0.2) is 41.7 Å². The lowest BCUT2D eigenvalue weighted by Gasteiger charge is -2.25. The average Bonchev–Trinajstić information content (AvgIpc) is 3.02. The van der Waals surface area contributed by atoms with Crippen LogP contribution < -0.4 is 5.73 Å². The normalized spacial score (nSPS) is 18.4. The van der Waals surface area contributed by atoms with Gasteiger partial charge in [0.05, 0.1) is 18.3 Å². The Balaban J connectivity index is 1.97. The summed E-state index contributed by atoms with van der Waals surface area (Å²) in [6, 6.07) is 6.60. The van der Waals surface area contributed by atoms with Gasteiger partial charge in [-0.2, -0.15) is 0 Å². The number of anilines is 1. The summed E-state index contributed by atoms with van der Waals surface area (Å²) in [5.74, 6) is 0.0127. The lowest BCUT2D eigenvalue weighted by molar-refractivity contribution is 0.140. The minimum Gasteiger partial charge on any atom is -0.383 e. The van der Waals surface area contributed by atoms with E-state index in [4.69, 9.17) is 10.5 Å². The predicted molar refractivity (Wildman–Crippen MR) is 87.3 cm³/mol. The van der Waals surface area contributed by atoms with Crippen LogP contribution in [-0.2, 0) is 4.74 Å². The third kappa shape index (κ3) is 3.48. The highest BCUT2D eigenvalue weighted by Crippen LogP contribution is 2.36. The van der Waals surface area contributed by atoms with Crippen molar-refractivity contribution in [2.75, 3.05) is 32.5 Å². The number of aromatic nitrogens is 2. The summed E-state index contributed by atoms with van der Waals surface area (Å²) in [6.07, 6.45) is 3.87. The fraction of sp³-hybridized carbons (Fsp3) is 0.412. The largest absolute Gasteiger partial charge is 0.383 e. The Morgan fingerprint density at radius 1 is 1.35 bits per heavy atom. The van der Waals surface area contributed by atoms with Crippen molar-refractivity contribution in [3.8, 4) is 11.1 Å². The number of rotatable bonds is 5. The van der Waals surface area contributed by atoms with Crippen molar-refractivity contribution in [3.63, 3.8) is 0 Å². The molecule has 1 atom stereocenters. The molecule has 1 aromatic heterocycles. The van der Waals surface area contributed by atoms with E-state index in [1.165, 1.54) is 12.1 Å². The van der Waals surface area contributed by atoms with E-state index in [1.54, 1.807) is 25.4 Å². The van der Waals surface area contributed by atoms with E-state index in [-0.39, 0.29) is 17.8 Å². The molecule has 1 saturated heterocycles. The van der Waals surface area contributed by atoms with Crippen LogP contribution in [0.3, 0.4) is 0 Å². The third-order valence-corrected chi connectivity index (χ3v) is 4.25. The standard InChI is InChI=1S/C17H21FN4O/c1-23-10-9-22-8-2-3-15(22)16-14(11-20-17(19)21-16)12-4-6-13(18)7-5-12/h4-7,11,15H,2-3,8-10H2,1H3,(H2,19,20,21)/t15-/m0/s1. The van der Waals surface area contributed by atoms with Gasteiger partial charge in [-0.15, -0.1) is 0 Å². The Bertz CT molecular complexity index is 662. The molecule has 3 rings (SSSR count). The quantitative estimate of drug-likeness (QED) is 0.918. The number of halogens is 1. The summed E-state index contributed by atoms with van der Waals surface area (Å²) in [4.78, 5) is 11.0. The first-order valence-electron chi connectivity index (χ1n) is 7.80. The molecule has 0 spiro atoms. The van der Waals surface area contributed by atoms with Crippen molar-refractivity contribution in [2.24, 2.45) is 0 Å². The molecule has 2 heterocycles. The maximum absolute atomic E-state index is 13.2. The molecule has 0 amide bonds. The van der Waals surface area contributed by atoms with Crippen molar-refractivity contribution in [2.45, 2.75) is 18.9 Å². The van der Waals surface area contributed by atoms with Crippen LogP contribution in [0.4, 0.5) is 10.3 Å². The Morgan fingerprint density at radius 2 is 2.13 bits per heavy atom. The molecule has 6 heteroatoms. The van der Waals surface area contributed by atoms with Gasteiger partial charge in [0.15, 0.2) is 0 Å². The second kappa shape index (κ2) is 7.02. The maximum atomic E-state index is 13.2. The van der Waals surface area contributed by atoms with Gasteiger partial charge in [0, 0.05) is 25.4 Å². The molecule has 1 aromatic carbocycles. The van der Waals surface area contributed by atoms with E-state index in [0.29, 0.717) is 6.61 Å². The number of nitrogens with zero attached hydrogens (tertiary/aromatic N) is 3. The molecule has 2 N–H and O–H groups in total. The van der Waals surface area contributed by atoms with Gasteiger partial charge in [-0.05, 0) is 37.1 Å². The zero-order chi connectivity index (χ0) is 16.2. The lowest BCUT2D eigenvalue weighted by atomic mass is 10.00. The van der Waals surface area contributed by atoms with Crippen LogP contribution in [0, 0.1) is 5.82 Å². The van der Waals surface area contributed by atoms with Gasteiger partial charge in [0.1, 0.15) is 5.82 Å². The summed E-state index contributed by atoms with van der Waals surface area (Å²) < 4.78 is 18.4. The number of hydrogen-bond acceptors (Lipinski definition) is 5. The Labute approximate surface area is 135 Å². The second-order valence-electron chi connectivity index (χ2n) is 5.72. The van der Waals surface area contributed by atoms with Crippen molar-refractivity contribution < 1.29 is 9.13 Å². The Kier molecular flexibility index (Phi) is 4.83. The highest BCUT2D eigenvalue weighted by atomic mass is 19.1. The van der Waals surface area contributed by atoms with E-state index in [0.717, 1.165) is 42.8 Å². The van der Waals surface area contributed by atoms with Gasteiger partial charge in [-0.1, -0.05) is 12.1 Å². The lowest BCUT2D eigenvalue weighted by Crippen LogP contribution is -2.28. The smallest absolute Gasteiger partial charge is 0.220 e. The van der Waals surface area contributed by atoms with E-state index in [2.05, 4.69) is 14.9 Å². The number of nitrogens with two attached hydrogens (primary N) is 1. The highest BCUT2D eigenvalue weighted by Gasteiger charge is 2.29. The minimum atomic E-state index is -0.255. The van der Waals surface area contributed by atoms with E-state index >= 15 is 0 Å². The number of hydrogen-bond donors (Lipinski definition) is 1. The zero-order valence-corrected chi connectivity index (χ0v) is 13.2. The fourth-order valence-electron chi connectivity index (χ4n) is 3.13. The summed E-state index contributed by atoms with van der Waals surface area (Å²) in [5.41, 5.74) is 8.55. The Hall–Kier alpha value is -2.05. The van der Waals surface area contributed by atoms with Crippen LogP contribution in [0.5, 0.6) is 0 Å². The molecular formula is C17H21FN4O. The van der Waals surface area contributed by atoms with E-state index in [9.17, 15) is 4.39 Å². The first kappa shape index (κ1) is 15.8. The van der Waals surface area contributed by atoms with Crippen LogP contribution in [0.2, 0.25) is 0 Å². The molecule has 0 unspecified atom stereocenters. The molecule has 0 aliphatic carbocycles. The van der Waals surface area contributed by atoms with Crippen molar-refractivity contribution >= 4 is 5.95 Å². The predicted octanol–water partition coefficient (Wildman–Crippen LogP) is 2.65. The number of nitrogen functional groups attached to an aromatic ring is 1. The average molecular weight is 316 g/mol. The highest BCUT2D eigenvalue weighted by molar-refractivity contribution is 5.66. The molecular weight excluding hydrogens is 295 g/mol. The molecule has 2 aromatic rings. The first-order chi connectivity index (χ1) is 11.2. The van der Waals surface area contributed by atoms with E-state index < -0.39 is 0 Å². The van der Waals surface area contributed by atoms with Gasteiger partial charge >= 0.3 is 0 Å². The molecule has 0 radical (unpaired) electrons. The summed E-state index contributed by atoms with van der Waals surface area (Å²) in [5, 5.41) is 0. The number of ether oxygens (including phenoxy) is 1. The van der Waals surface area contributed by atoms with Gasteiger partial charge in [-0.25, -0.2) is 14.4 Å². The SMILES string of the molecule is COCCN1CCC[C@H]1c1nc(N)ncc1-c1ccc(F)cc1. The number of benzene rings is 1. The number of methoxy groups -OCH3 is 1. The Morgan fingerprint density at radius 3 is 2.87 bits per heavy atom. The molecule has 1 fully saturated rings. The zero-order valence-electron chi connectivity index (χ0n) is 13.2. The molecule has 23 heavy (non-hydrogen) atoms. The second-order valence-corrected chi connectivity index (χ2v) is 5.72. The van der Waals surface area contributed by atoms with Gasteiger partial charge in [-0.3, -0.25) is 4.90 Å². The summed E-state index contributed by atoms with van der Waals surface area (Å²) >= 11 is 0. The fourth-order valence-corrected chi connectivity index (χ4v) is 3.13. The first-order valence-corrected chi connectivity index (χ1v) is 7.80. The summed E-state index contributed by atoms with van der Waals surface area (Å²) in [6.45, 7) is 2.55. The van der Waals surface area contributed by atoms with Crippen molar-refractivity contribution in [1.82, 2.24) is 14.9 Å². The monoisotopic (exact) mass is 316 g/mol. The minimum absolute atomic E-state index is 0.190. The molecule has 0 saturated carbocycles. The van der Waals surface area contributed by atoms with Gasteiger partial charge in [0.2, 0.25) is 5.95 Å². The molecule has 1 aliphatic rings. The topological polar surface area (TPSA) is 64.3 Å². The summed E-state index contributed by atoms with van der Waals surface area (Å²) in [7, 11) is 1.71. The van der Waals surface area contributed by atoms with Crippen LogP contribution >= 0.6 is 0 Å². The van der Waals surface area contributed by atoms with Crippen LogP contribution in [0.15, 0.2) is 30.5 Å². The van der Waals surface area contributed by atoms with Crippen molar-refractivity contribution in [1.29, 1.82) is 0 Å². The molecule has 5 nitrogen and oxygen atoms in total. The maximum Gasteiger partial charge on any atom is 0.220 e. The molecule has 1 aliphatic heterocycles. The van der Waals surface area contributed by atoms with Gasteiger partial charge < -0.3 is 10.5 Å².